The molecule has 0 atom stereocenters. The zero-order valence-electron chi connectivity index (χ0n) is 16.7. The molecule has 0 spiro atoms. The van der Waals surface area contributed by atoms with E-state index < -0.39 is 0 Å². The molecule has 1 aromatic heterocycles. The molecule has 0 amide bonds. The van der Waals surface area contributed by atoms with Crippen molar-refractivity contribution in [3.05, 3.63) is 23.5 Å². The highest BCUT2D eigenvalue weighted by atomic mass is 14.6. The van der Waals surface area contributed by atoms with E-state index in [1.165, 1.54) is 109 Å². The normalized spacial score (nSPS) is 11.2. The van der Waals surface area contributed by atoms with E-state index in [4.69, 9.17) is 0 Å². The van der Waals surface area contributed by atoms with Crippen LogP contribution < -0.4 is 0 Å². The van der Waals surface area contributed by atoms with Crippen LogP contribution in [0.15, 0.2) is 12.4 Å². The third-order valence-corrected chi connectivity index (χ3v) is 5.28. The van der Waals surface area contributed by atoms with Crippen LogP contribution in [0.25, 0.3) is 0 Å². The highest BCUT2D eigenvalue weighted by Crippen LogP contribution is 2.17. The van der Waals surface area contributed by atoms with E-state index in [-0.39, 0.29) is 0 Å². The van der Waals surface area contributed by atoms with Gasteiger partial charge >= 0.3 is 0 Å². The van der Waals surface area contributed by atoms with Crippen LogP contribution in [0.3, 0.4) is 0 Å². The Kier molecular flexibility index (Phi) is 14.0. The lowest BCUT2D eigenvalue weighted by atomic mass is 10.00. The molecule has 0 saturated heterocycles. The molecule has 0 radical (unpaired) electrons. The first-order valence-corrected chi connectivity index (χ1v) is 11.0. The average molecular weight is 334 g/mol. The Morgan fingerprint density at radius 1 is 0.500 bits per heavy atom. The summed E-state index contributed by atoms with van der Waals surface area (Å²) >= 11 is 0. The second-order valence-electron chi connectivity index (χ2n) is 7.60. The lowest BCUT2D eigenvalue weighted by Gasteiger charge is -2.05. The fourth-order valence-corrected chi connectivity index (χ4v) is 3.62. The average Bonchev–Trinajstić information content (AvgIpc) is 3.04. The van der Waals surface area contributed by atoms with Crippen LogP contribution in [0.2, 0.25) is 0 Å². The van der Waals surface area contributed by atoms with E-state index in [0.717, 1.165) is 0 Å². The van der Waals surface area contributed by atoms with Crippen molar-refractivity contribution in [1.29, 1.82) is 0 Å². The number of unbranched alkanes of at least 4 members (excludes halogenated alkanes) is 13. The quantitative estimate of drug-likeness (QED) is 0.278. The van der Waals surface area contributed by atoms with Crippen molar-refractivity contribution in [2.45, 2.75) is 123 Å². The molecule has 0 aromatic carbocycles. The highest BCUT2D eigenvalue weighted by Gasteiger charge is 2.03. The third-order valence-electron chi connectivity index (χ3n) is 5.28. The predicted octanol–water partition coefficient (Wildman–Crippen LogP) is 7.99. The zero-order valence-corrected chi connectivity index (χ0v) is 16.7. The van der Waals surface area contributed by atoms with E-state index in [2.05, 4.69) is 31.2 Å². The molecule has 0 bridgehead atoms. The second kappa shape index (κ2) is 15.8. The van der Waals surface area contributed by atoms with Crippen molar-refractivity contribution in [3.63, 3.8) is 0 Å². The van der Waals surface area contributed by atoms with Crippen LogP contribution in [0.5, 0.6) is 0 Å². The van der Waals surface area contributed by atoms with Gasteiger partial charge in [-0.1, -0.05) is 97.3 Å². The minimum Gasteiger partial charge on any atom is -0.367 e. The number of H-pyrrole nitrogens is 1. The van der Waals surface area contributed by atoms with Crippen LogP contribution >= 0.6 is 0 Å². The number of hydrogen-bond donors (Lipinski definition) is 1. The minimum absolute atomic E-state index is 1.28. The Bertz CT molecular complexity index is 366. The van der Waals surface area contributed by atoms with E-state index in [9.17, 15) is 0 Å². The van der Waals surface area contributed by atoms with Gasteiger partial charge in [0.25, 0.3) is 0 Å². The summed E-state index contributed by atoms with van der Waals surface area (Å²) in [4.78, 5) is 3.34. The molecule has 1 aromatic rings. The van der Waals surface area contributed by atoms with Crippen molar-refractivity contribution < 1.29 is 0 Å². The lowest BCUT2D eigenvalue weighted by molar-refractivity contribution is 0.564. The molecule has 1 nitrogen and oxygen atoms in total. The highest BCUT2D eigenvalue weighted by molar-refractivity contribution is 5.23. The van der Waals surface area contributed by atoms with Crippen LogP contribution in [0.4, 0.5) is 0 Å². The second-order valence-corrected chi connectivity index (χ2v) is 7.60. The topological polar surface area (TPSA) is 15.8 Å². The predicted molar refractivity (Wildman–Crippen MR) is 109 cm³/mol. The summed E-state index contributed by atoms with van der Waals surface area (Å²) in [6.07, 6.45) is 28.2. The van der Waals surface area contributed by atoms with Crippen molar-refractivity contribution in [2.75, 3.05) is 0 Å². The summed E-state index contributed by atoms with van der Waals surface area (Å²) < 4.78 is 0. The number of aromatic nitrogens is 1. The van der Waals surface area contributed by atoms with Gasteiger partial charge in [0.05, 0.1) is 0 Å². The summed E-state index contributed by atoms with van der Waals surface area (Å²) in [5.41, 5.74) is 3.18. The standard InChI is InChI=1S/C23H43N/c1-3-5-7-9-11-12-13-15-17-19-23-21-24-20-22(23)18-16-14-10-8-6-4-2/h20-21,24H,3-19H2,1-2H3. The smallest absolute Gasteiger partial charge is 0.00401 e. The van der Waals surface area contributed by atoms with Gasteiger partial charge in [-0.25, -0.2) is 0 Å². The Morgan fingerprint density at radius 3 is 1.21 bits per heavy atom. The first kappa shape index (κ1) is 21.3. The van der Waals surface area contributed by atoms with Crippen LogP contribution in [-0.2, 0) is 12.8 Å². The van der Waals surface area contributed by atoms with Gasteiger partial charge in [0.2, 0.25) is 0 Å². The van der Waals surface area contributed by atoms with Gasteiger partial charge < -0.3 is 4.98 Å². The Morgan fingerprint density at radius 2 is 0.833 bits per heavy atom. The molecular weight excluding hydrogens is 290 g/mol. The molecule has 0 aliphatic carbocycles. The maximum atomic E-state index is 3.34. The summed E-state index contributed by atoms with van der Waals surface area (Å²) in [7, 11) is 0. The SMILES string of the molecule is CCCCCCCCCCCc1c[nH]cc1CCCCCCCC. The number of aromatic amines is 1. The molecule has 1 N–H and O–H groups in total. The molecule has 0 fully saturated rings. The van der Waals surface area contributed by atoms with Crippen molar-refractivity contribution >= 4 is 0 Å². The van der Waals surface area contributed by atoms with Crippen molar-refractivity contribution in [1.82, 2.24) is 4.98 Å². The number of hydrogen-bond acceptors (Lipinski definition) is 0. The number of rotatable bonds is 17. The maximum Gasteiger partial charge on any atom is 0.00401 e. The van der Waals surface area contributed by atoms with E-state index in [1.54, 1.807) is 11.1 Å². The van der Waals surface area contributed by atoms with Gasteiger partial charge in [-0.05, 0) is 36.8 Å². The van der Waals surface area contributed by atoms with Gasteiger partial charge in [0, 0.05) is 12.4 Å². The fraction of sp³-hybridized carbons (Fsp3) is 0.826. The molecule has 1 heterocycles. The van der Waals surface area contributed by atoms with Gasteiger partial charge in [-0.15, -0.1) is 0 Å². The van der Waals surface area contributed by atoms with Gasteiger partial charge in [0.15, 0.2) is 0 Å². The maximum absolute atomic E-state index is 3.34. The number of nitrogens with one attached hydrogen (secondary N) is 1. The molecular formula is C23H43N. The molecule has 0 saturated carbocycles. The van der Waals surface area contributed by atoms with Crippen molar-refractivity contribution in [3.8, 4) is 0 Å². The minimum atomic E-state index is 1.28. The first-order chi connectivity index (χ1) is 11.9. The molecule has 140 valence electrons. The largest absolute Gasteiger partial charge is 0.367 e. The molecule has 0 unspecified atom stereocenters. The van der Waals surface area contributed by atoms with Gasteiger partial charge in [0.1, 0.15) is 0 Å². The summed E-state index contributed by atoms with van der Waals surface area (Å²) in [5, 5.41) is 0. The molecule has 0 aliphatic rings. The molecule has 0 aliphatic heterocycles. The molecule has 1 rings (SSSR count). The van der Waals surface area contributed by atoms with E-state index in [1.807, 2.05) is 0 Å². The van der Waals surface area contributed by atoms with Crippen LogP contribution in [-0.4, -0.2) is 4.98 Å². The zero-order chi connectivity index (χ0) is 17.3. The van der Waals surface area contributed by atoms with Crippen LogP contribution in [0.1, 0.15) is 121 Å². The monoisotopic (exact) mass is 333 g/mol. The van der Waals surface area contributed by atoms with Crippen LogP contribution in [0, 0.1) is 0 Å². The van der Waals surface area contributed by atoms with Gasteiger partial charge in [-0.2, -0.15) is 0 Å². The van der Waals surface area contributed by atoms with E-state index >= 15 is 0 Å². The lowest BCUT2D eigenvalue weighted by Crippen LogP contribution is -1.92. The van der Waals surface area contributed by atoms with Gasteiger partial charge in [-0.3, -0.25) is 0 Å². The van der Waals surface area contributed by atoms with Crippen molar-refractivity contribution in [2.24, 2.45) is 0 Å². The fourth-order valence-electron chi connectivity index (χ4n) is 3.62. The first-order valence-electron chi connectivity index (χ1n) is 11.0. The third kappa shape index (κ3) is 10.9. The molecule has 1 heteroatoms. The Hall–Kier alpha value is -0.720. The summed E-state index contributed by atoms with van der Waals surface area (Å²) in [6, 6.07) is 0. The summed E-state index contributed by atoms with van der Waals surface area (Å²) in [6.45, 7) is 4.58. The van der Waals surface area contributed by atoms with E-state index in [0.29, 0.717) is 0 Å². The Labute approximate surface area is 152 Å². The molecule has 24 heavy (non-hydrogen) atoms. The Balaban J connectivity index is 2.00. The summed E-state index contributed by atoms with van der Waals surface area (Å²) in [5.74, 6) is 0. The number of aryl methyl sites for hydroxylation is 2.